The van der Waals surface area contributed by atoms with Gasteiger partial charge in [0.1, 0.15) is 5.82 Å². The molecule has 0 unspecified atom stereocenters. The Bertz CT molecular complexity index is 476. The minimum atomic E-state index is 0.221. The average molecular weight is 235 g/mol. The van der Waals surface area contributed by atoms with Crippen molar-refractivity contribution in [2.45, 2.75) is 32.7 Å². The van der Waals surface area contributed by atoms with Gasteiger partial charge in [0.15, 0.2) is 0 Å². The second-order valence-corrected chi connectivity index (χ2v) is 6.10. The second-order valence-electron chi connectivity index (χ2n) is 4.93. The molecule has 86 valence electrons. The van der Waals surface area contributed by atoms with Gasteiger partial charge in [-0.15, -0.1) is 11.3 Å². The topological polar surface area (TPSA) is 43.8 Å². The first kappa shape index (κ1) is 11.2. The van der Waals surface area contributed by atoms with Crippen LogP contribution in [0.1, 0.15) is 30.5 Å². The van der Waals surface area contributed by atoms with Gasteiger partial charge in [-0.3, -0.25) is 0 Å². The number of anilines is 1. The highest BCUT2D eigenvalue weighted by Crippen LogP contribution is 2.29. The fourth-order valence-corrected chi connectivity index (χ4v) is 2.54. The molecular weight excluding hydrogens is 218 g/mol. The smallest absolute Gasteiger partial charge is 0.122 e. The molecule has 3 nitrogen and oxygen atoms in total. The molecule has 0 fully saturated rings. The van der Waals surface area contributed by atoms with Crippen molar-refractivity contribution in [3.63, 3.8) is 0 Å². The van der Waals surface area contributed by atoms with Crippen molar-refractivity contribution in [1.29, 1.82) is 0 Å². The molecule has 2 heterocycles. The summed E-state index contributed by atoms with van der Waals surface area (Å²) >= 11 is 1.83. The minimum absolute atomic E-state index is 0.221. The van der Waals surface area contributed by atoms with E-state index in [2.05, 4.69) is 38.0 Å². The molecule has 2 aromatic heterocycles. The van der Waals surface area contributed by atoms with Gasteiger partial charge in [0.05, 0.1) is 12.7 Å². The highest BCUT2D eigenvalue weighted by atomic mass is 32.1. The molecule has 4 heteroatoms. The molecule has 0 amide bonds. The van der Waals surface area contributed by atoms with E-state index < -0.39 is 0 Å². The molecule has 2 N–H and O–H groups in total. The van der Waals surface area contributed by atoms with E-state index in [9.17, 15) is 0 Å². The van der Waals surface area contributed by atoms with Gasteiger partial charge >= 0.3 is 0 Å². The lowest BCUT2D eigenvalue weighted by Gasteiger charge is -2.15. The van der Waals surface area contributed by atoms with Crippen LogP contribution in [0.15, 0.2) is 24.4 Å². The molecule has 0 saturated carbocycles. The fourth-order valence-electron chi connectivity index (χ4n) is 1.49. The first-order valence-electron chi connectivity index (χ1n) is 5.33. The van der Waals surface area contributed by atoms with E-state index in [0.717, 1.165) is 6.54 Å². The fraction of sp³-hybridized carbons (Fsp3) is 0.417. The lowest BCUT2D eigenvalue weighted by atomic mass is 9.95. The van der Waals surface area contributed by atoms with Crippen molar-refractivity contribution in [3.05, 3.63) is 34.2 Å². The molecule has 0 aromatic carbocycles. The number of rotatable bonds is 2. The molecule has 0 saturated heterocycles. The lowest BCUT2D eigenvalue weighted by molar-refractivity contribution is 0.604. The Labute approximate surface area is 99.9 Å². The van der Waals surface area contributed by atoms with Crippen molar-refractivity contribution in [1.82, 2.24) is 9.78 Å². The van der Waals surface area contributed by atoms with E-state index in [0.29, 0.717) is 5.82 Å². The van der Waals surface area contributed by atoms with Crippen molar-refractivity contribution < 1.29 is 0 Å². The molecule has 0 bridgehead atoms. The Kier molecular flexibility index (Phi) is 2.76. The van der Waals surface area contributed by atoms with Crippen LogP contribution in [-0.2, 0) is 12.0 Å². The summed E-state index contributed by atoms with van der Waals surface area (Å²) in [5.41, 5.74) is 6.01. The van der Waals surface area contributed by atoms with Crippen molar-refractivity contribution in [2.24, 2.45) is 0 Å². The summed E-state index contributed by atoms with van der Waals surface area (Å²) in [4.78, 5) is 2.69. The number of aromatic nitrogens is 2. The summed E-state index contributed by atoms with van der Waals surface area (Å²) in [7, 11) is 0. The van der Waals surface area contributed by atoms with Gasteiger partial charge < -0.3 is 5.73 Å². The molecule has 0 aliphatic heterocycles. The summed E-state index contributed by atoms with van der Waals surface area (Å²) in [6.45, 7) is 7.44. The van der Waals surface area contributed by atoms with Gasteiger partial charge in [-0.2, -0.15) is 5.10 Å². The molecule has 0 atom stereocenters. The molecule has 0 aliphatic rings. The Morgan fingerprint density at radius 3 is 2.56 bits per heavy atom. The first-order chi connectivity index (χ1) is 7.47. The zero-order valence-corrected chi connectivity index (χ0v) is 10.7. The van der Waals surface area contributed by atoms with E-state index in [1.807, 2.05) is 22.1 Å². The molecule has 0 radical (unpaired) electrons. The van der Waals surface area contributed by atoms with E-state index >= 15 is 0 Å². The van der Waals surface area contributed by atoms with Crippen LogP contribution in [0, 0.1) is 0 Å². The van der Waals surface area contributed by atoms with Crippen molar-refractivity contribution in [2.75, 3.05) is 5.73 Å². The monoisotopic (exact) mass is 235 g/mol. The van der Waals surface area contributed by atoms with Gasteiger partial charge in [0.25, 0.3) is 0 Å². The van der Waals surface area contributed by atoms with Gasteiger partial charge in [0.2, 0.25) is 0 Å². The van der Waals surface area contributed by atoms with E-state index in [1.165, 1.54) is 9.75 Å². The Hall–Kier alpha value is -1.29. The van der Waals surface area contributed by atoms with Gasteiger partial charge in [-0.25, -0.2) is 4.68 Å². The van der Waals surface area contributed by atoms with E-state index in [-0.39, 0.29) is 5.41 Å². The minimum Gasteiger partial charge on any atom is -0.384 e. The molecule has 2 aromatic rings. The van der Waals surface area contributed by atoms with E-state index in [4.69, 9.17) is 5.73 Å². The Balaban J connectivity index is 2.18. The molecule has 16 heavy (non-hydrogen) atoms. The summed E-state index contributed by atoms with van der Waals surface area (Å²) in [5.74, 6) is 0.714. The summed E-state index contributed by atoms with van der Waals surface area (Å²) in [5, 5.41) is 4.18. The van der Waals surface area contributed by atoms with Crippen LogP contribution in [0.3, 0.4) is 0 Å². The SMILES string of the molecule is CC(C)(C)c1ccc(Cn2nccc2N)s1. The van der Waals surface area contributed by atoms with Crippen molar-refractivity contribution >= 4 is 17.2 Å². The van der Waals surface area contributed by atoms with Gasteiger partial charge in [-0.1, -0.05) is 20.8 Å². The first-order valence-corrected chi connectivity index (χ1v) is 6.15. The van der Waals surface area contributed by atoms with Gasteiger partial charge in [0, 0.05) is 9.75 Å². The third kappa shape index (κ3) is 2.27. The maximum atomic E-state index is 5.79. The van der Waals surface area contributed by atoms with Crippen LogP contribution < -0.4 is 5.73 Å². The summed E-state index contributed by atoms with van der Waals surface area (Å²) < 4.78 is 1.82. The third-order valence-electron chi connectivity index (χ3n) is 2.46. The third-order valence-corrected chi connectivity index (χ3v) is 3.95. The van der Waals surface area contributed by atoms with Crippen LogP contribution in [0.5, 0.6) is 0 Å². The van der Waals surface area contributed by atoms with Crippen molar-refractivity contribution in [3.8, 4) is 0 Å². The number of thiophene rings is 1. The normalized spacial score (nSPS) is 11.9. The number of hydrogen-bond acceptors (Lipinski definition) is 3. The number of nitrogen functional groups attached to an aromatic ring is 1. The Morgan fingerprint density at radius 2 is 2.06 bits per heavy atom. The standard InChI is InChI=1S/C12H17N3S/c1-12(2,3)10-5-4-9(16-10)8-15-11(13)6-7-14-15/h4-7H,8,13H2,1-3H3. The van der Waals surface area contributed by atoms with Crippen LogP contribution in [0.25, 0.3) is 0 Å². The maximum absolute atomic E-state index is 5.79. The maximum Gasteiger partial charge on any atom is 0.122 e. The number of nitrogens with two attached hydrogens (primary N) is 1. The quantitative estimate of drug-likeness (QED) is 0.869. The second kappa shape index (κ2) is 3.94. The average Bonchev–Trinajstić information content (AvgIpc) is 2.76. The molecule has 2 rings (SSSR count). The zero-order valence-electron chi connectivity index (χ0n) is 9.90. The van der Waals surface area contributed by atoms with Crippen LogP contribution >= 0.6 is 11.3 Å². The highest BCUT2D eigenvalue weighted by Gasteiger charge is 2.16. The summed E-state index contributed by atoms with van der Waals surface area (Å²) in [6.07, 6.45) is 1.73. The van der Waals surface area contributed by atoms with Crippen LogP contribution in [-0.4, -0.2) is 9.78 Å². The molecule has 0 spiro atoms. The Morgan fingerprint density at radius 1 is 1.31 bits per heavy atom. The lowest BCUT2D eigenvalue weighted by Crippen LogP contribution is -2.08. The number of hydrogen-bond donors (Lipinski definition) is 1. The molecular formula is C12H17N3S. The number of nitrogens with zero attached hydrogens (tertiary/aromatic N) is 2. The zero-order chi connectivity index (χ0) is 11.8. The summed E-state index contributed by atoms with van der Waals surface area (Å²) in [6, 6.07) is 6.17. The van der Waals surface area contributed by atoms with Crippen LogP contribution in [0.2, 0.25) is 0 Å². The largest absolute Gasteiger partial charge is 0.384 e. The van der Waals surface area contributed by atoms with Crippen LogP contribution in [0.4, 0.5) is 5.82 Å². The highest BCUT2D eigenvalue weighted by molar-refractivity contribution is 7.12. The van der Waals surface area contributed by atoms with E-state index in [1.54, 1.807) is 6.20 Å². The predicted molar refractivity (Wildman–Crippen MR) is 68.8 cm³/mol. The van der Waals surface area contributed by atoms with Gasteiger partial charge in [-0.05, 0) is 23.6 Å². The molecule has 0 aliphatic carbocycles. The predicted octanol–water partition coefficient (Wildman–Crippen LogP) is 2.87.